The minimum Gasteiger partial charge on any atom is -0.316 e. The summed E-state index contributed by atoms with van der Waals surface area (Å²) in [7, 11) is 0. The minimum absolute atomic E-state index is 0.792. The molecule has 3 heterocycles. The number of hydrogen-bond acceptors (Lipinski definition) is 5. The van der Waals surface area contributed by atoms with Crippen LogP contribution in [0.15, 0.2) is 42.2 Å². The van der Waals surface area contributed by atoms with Crippen LogP contribution in [-0.4, -0.2) is 20.2 Å². The molecule has 3 rings (SSSR count). The van der Waals surface area contributed by atoms with Crippen LogP contribution >= 0.6 is 11.3 Å². The SMILES string of the molecule is c1ccc(Nc2nc(-c3cn[nH]c3)cs2)nc1. The third-order valence-corrected chi connectivity index (χ3v) is 2.96. The van der Waals surface area contributed by atoms with E-state index in [1.807, 2.05) is 29.8 Å². The molecule has 0 aliphatic heterocycles. The summed E-state index contributed by atoms with van der Waals surface area (Å²) in [6, 6.07) is 5.71. The molecule has 0 radical (unpaired) electrons. The van der Waals surface area contributed by atoms with E-state index >= 15 is 0 Å². The van der Waals surface area contributed by atoms with Crippen molar-refractivity contribution in [1.82, 2.24) is 20.2 Å². The second kappa shape index (κ2) is 4.34. The first-order valence-electron chi connectivity index (χ1n) is 5.04. The van der Waals surface area contributed by atoms with E-state index < -0.39 is 0 Å². The number of anilines is 2. The van der Waals surface area contributed by atoms with Crippen molar-refractivity contribution in [2.75, 3.05) is 5.32 Å². The highest BCUT2D eigenvalue weighted by Gasteiger charge is 2.05. The summed E-state index contributed by atoms with van der Waals surface area (Å²) in [5, 5.41) is 12.6. The maximum Gasteiger partial charge on any atom is 0.188 e. The number of rotatable bonds is 3. The molecule has 0 saturated carbocycles. The molecule has 0 atom stereocenters. The molecule has 2 N–H and O–H groups in total. The first kappa shape index (κ1) is 9.98. The Kier molecular flexibility index (Phi) is 2.55. The van der Waals surface area contributed by atoms with Gasteiger partial charge in [0.25, 0.3) is 0 Å². The Balaban J connectivity index is 1.82. The Bertz CT molecular complexity index is 587. The number of H-pyrrole nitrogens is 1. The molecule has 0 amide bonds. The number of pyridine rings is 1. The van der Waals surface area contributed by atoms with Gasteiger partial charge in [-0.2, -0.15) is 5.10 Å². The van der Waals surface area contributed by atoms with Gasteiger partial charge in [0, 0.05) is 23.3 Å². The maximum absolute atomic E-state index is 4.46. The van der Waals surface area contributed by atoms with Crippen molar-refractivity contribution in [3.05, 3.63) is 42.2 Å². The number of nitrogens with one attached hydrogen (secondary N) is 2. The zero-order valence-corrected chi connectivity index (χ0v) is 9.61. The van der Waals surface area contributed by atoms with Crippen molar-refractivity contribution in [2.24, 2.45) is 0 Å². The summed E-state index contributed by atoms with van der Waals surface area (Å²) in [5.74, 6) is 0.792. The fourth-order valence-corrected chi connectivity index (χ4v) is 2.13. The van der Waals surface area contributed by atoms with Crippen molar-refractivity contribution in [1.29, 1.82) is 0 Å². The topological polar surface area (TPSA) is 66.5 Å². The summed E-state index contributed by atoms with van der Waals surface area (Å²) in [5.41, 5.74) is 1.89. The predicted molar refractivity (Wildman–Crippen MR) is 67.2 cm³/mol. The zero-order valence-electron chi connectivity index (χ0n) is 8.79. The smallest absolute Gasteiger partial charge is 0.188 e. The molecule has 0 saturated heterocycles. The molecule has 5 nitrogen and oxygen atoms in total. The van der Waals surface area contributed by atoms with Crippen LogP contribution in [0, 0.1) is 0 Å². The van der Waals surface area contributed by atoms with Crippen LogP contribution in [0.2, 0.25) is 0 Å². The monoisotopic (exact) mass is 243 g/mol. The Labute approximate surface area is 102 Å². The normalized spacial score (nSPS) is 10.4. The van der Waals surface area contributed by atoms with E-state index in [1.165, 1.54) is 11.3 Å². The van der Waals surface area contributed by atoms with Crippen molar-refractivity contribution < 1.29 is 0 Å². The van der Waals surface area contributed by atoms with Gasteiger partial charge in [-0.15, -0.1) is 11.3 Å². The predicted octanol–water partition coefficient (Wildman–Crippen LogP) is 2.67. The van der Waals surface area contributed by atoms with Crippen LogP contribution in [0.3, 0.4) is 0 Å². The van der Waals surface area contributed by atoms with Crippen LogP contribution in [0.25, 0.3) is 11.3 Å². The van der Waals surface area contributed by atoms with Gasteiger partial charge in [0.05, 0.1) is 11.9 Å². The van der Waals surface area contributed by atoms with Crippen molar-refractivity contribution in [3.63, 3.8) is 0 Å². The van der Waals surface area contributed by atoms with Crippen LogP contribution in [0.5, 0.6) is 0 Å². The average Bonchev–Trinajstić information content (AvgIpc) is 3.00. The number of hydrogen-bond donors (Lipinski definition) is 2. The van der Waals surface area contributed by atoms with E-state index in [0.717, 1.165) is 22.2 Å². The highest BCUT2D eigenvalue weighted by atomic mass is 32.1. The fourth-order valence-electron chi connectivity index (χ4n) is 1.40. The third kappa shape index (κ3) is 2.16. The summed E-state index contributed by atoms with van der Waals surface area (Å²) in [6.07, 6.45) is 5.31. The molecule has 0 aliphatic carbocycles. The first-order chi connectivity index (χ1) is 8.42. The van der Waals surface area contributed by atoms with Gasteiger partial charge in [-0.05, 0) is 12.1 Å². The lowest BCUT2D eigenvalue weighted by Gasteiger charge is -1.99. The van der Waals surface area contributed by atoms with Gasteiger partial charge in [0.15, 0.2) is 5.13 Å². The molecule has 0 spiro atoms. The molecule has 17 heavy (non-hydrogen) atoms. The van der Waals surface area contributed by atoms with Crippen LogP contribution in [0.1, 0.15) is 0 Å². The lowest BCUT2D eigenvalue weighted by Crippen LogP contribution is -1.91. The molecule has 3 aromatic rings. The Morgan fingerprint density at radius 1 is 1.29 bits per heavy atom. The number of aromatic amines is 1. The number of thiazole rings is 1. The van der Waals surface area contributed by atoms with E-state index in [4.69, 9.17) is 0 Å². The summed E-state index contributed by atoms with van der Waals surface area (Å²) in [6.45, 7) is 0. The van der Waals surface area contributed by atoms with Gasteiger partial charge in [-0.1, -0.05) is 6.07 Å². The fraction of sp³-hybridized carbons (Fsp3) is 0. The van der Waals surface area contributed by atoms with Crippen LogP contribution in [0.4, 0.5) is 10.9 Å². The minimum atomic E-state index is 0.792. The highest BCUT2D eigenvalue weighted by Crippen LogP contribution is 2.25. The van der Waals surface area contributed by atoms with Crippen LogP contribution in [-0.2, 0) is 0 Å². The van der Waals surface area contributed by atoms with Gasteiger partial charge < -0.3 is 5.32 Å². The van der Waals surface area contributed by atoms with E-state index in [0.29, 0.717) is 0 Å². The Morgan fingerprint density at radius 3 is 3.06 bits per heavy atom. The Hall–Kier alpha value is -2.21. The average molecular weight is 243 g/mol. The van der Waals surface area contributed by atoms with Gasteiger partial charge >= 0.3 is 0 Å². The van der Waals surface area contributed by atoms with Gasteiger partial charge in [0.2, 0.25) is 0 Å². The van der Waals surface area contributed by atoms with Gasteiger partial charge in [-0.3, -0.25) is 5.10 Å². The molecule has 84 valence electrons. The van der Waals surface area contributed by atoms with Crippen LogP contribution < -0.4 is 5.32 Å². The van der Waals surface area contributed by atoms with Crippen molar-refractivity contribution >= 4 is 22.3 Å². The number of nitrogens with zero attached hydrogens (tertiary/aromatic N) is 3. The maximum atomic E-state index is 4.46. The molecular formula is C11H9N5S. The Morgan fingerprint density at radius 2 is 2.29 bits per heavy atom. The molecule has 6 heteroatoms. The van der Waals surface area contributed by atoms with Gasteiger partial charge in [-0.25, -0.2) is 9.97 Å². The summed E-state index contributed by atoms with van der Waals surface area (Å²) in [4.78, 5) is 8.64. The molecule has 0 unspecified atom stereocenters. The lowest BCUT2D eigenvalue weighted by molar-refractivity contribution is 1.09. The van der Waals surface area contributed by atoms with Gasteiger partial charge in [0.1, 0.15) is 5.82 Å². The second-order valence-corrected chi connectivity index (χ2v) is 4.22. The molecule has 0 fully saturated rings. The lowest BCUT2D eigenvalue weighted by atomic mass is 10.3. The van der Waals surface area contributed by atoms with E-state index in [-0.39, 0.29) is 0 Å². The number of aromatic nitrogens is 4. The third-order valence-electron chi connectivity index (χ3n) is 2.20. The molecule has 0 aromatic carbocycles. The second-order valence-electron chi connectivity index (χ2n) is 3.36. The molecule has 3 aromatic heterocycles. The van der Waals surface area contributed by atoms with E-state index in [2.05, 4.69) is 25.5 Å². The van der Waals surface area contributed by atoms with E-state index in [1.54, 1.807) is 12.4 Å². The summed E-state index contributed by atoms with van der Waals surface area (Å²) < 4.78 is 0. The van der Waals surface area contributed by atoms with E-state index in [9.17, 15) is 0 Å². The first-order valence-corrected chi connectivity index (χ1v) is 5.92. The largest absolute Gasteiger partial charge is 0.316 e. The highest BCUT2D eigenvalue weighted by molar-refractivity contribution is 7.14. The zero-order chi connectivity index (χ0) is 11.5. The molecule has 0 aliphatic rings. The van der Waals surface area contributed by atoms with Crippen molar-refractivity contribution in [2.45, 2.75) is 0 Å². The summed E-state index contributed by atoms with van der Waals surface area (Å²) >= 11 is 1.54. The quantitative estimate of drug-likeness (QED) is 0.742. The molecule has 0 bridgehead atoms. The standard InChI is InChI=1S/C11H9N5S/c1-2-4-12-10(3-1)16-11-15-9(7-17-11)8-5-13-14-6-8/h1-7H,(H,13,14)(H,12,15,16). The van der Waals surface area contributed by atoms with Crippen molar-refractivity contribution in [3.8, 4) is 11.3 Å². The molecular weight excluding hydrogens is 234 g/mol.